The first-order valence-corrected chi connectivity index (χ1v) is 6.40. The Hall–Kier alpha value is -2.11. The second kappa shape index (κ2) is 5.90. The molecule has 2 rings (SSSR count). The first kappa shape index (κ1) is 14.3. The maximum Gasteiger partial charge on any atom is 0.307 e. The molecule has 1 aromatic carbocycles. The molecule has 1 fully saturated rings. The highest BCUT2D eigenvalue weighted by atomic mass is 19.1. The van der Waals surface area contributed by atoms with E-state index in [1.165, 1.54) is 24.3 Å². The monoisotopic (exact) mass is 281 g/mol. The van der Waals surface area contributed by atoms with Crippen molar-refractivity contribution in [3.8, 4) is 5.75 Å². The van der Waals surface area contributed by atoms with E-state index in [2.05, 4.69) is 5.32 Å². The van der Waals surface area contributed by atoms with E-state index in [0.29, 0.717) is 12.2 Å². The van der Waals surface area contributed by atoms with Crippen LogP contribution in [0.5, 0.6) is 5.75 Å². The van der Waals surface area contributed by atoms with Gasteiger partial charge in [0.25, 0.3) is 0 Å². The quantitative estimate of drug-likeness (QED) is 0.827. The number of carbonyl (C=O) groups is 2. The largest absolute Gasteiger partial charge is 0.489 e. The molecule has 0 spiro atoms. The maximum absolute atomic E-state index is 12.7. The fourth-order valence-electron chi connectivity index (χ4n) is 1.92. The van der Waals surface area contributed by atoms with Crippen LogP contribution >= 0.6 is 0 Å². The minimum atomic E-state index is -0.930. The summed E-state index contributed by atoms with van der Waals surface area (Å²) in [6.07, 6.45) is 0.111. The van der Waals surface area contributed by atoms with Crippen LogP contribution in [-0.2, 0) is 9.59 Å². The highest BCUT2D eigenvalue weighted by Gasteiger charge is 2.48. The van der Waals surface area contributed by atoms with Gasteiger partial charge >= 0.3 is 5.97 Å². The summed E-state index contributed by atoms with van der Waals surface area (Å²) >= 11 is 0. The summed E-state index contributed by atoms with van der Waals surface area (Å²) in [5.74, 6) is -1.99. The number of carboxylic acids is 1. The molecule has 0 saturated heterocycles. The number of aliphatic carboxylic acids is 1. The summed E-state index contributed by atoms with van der Waals surface area (Å²) in [6, 6.07) is 5.61. The zero-order chi connectivity index (χ0) is 14.7. The predicted molar refractivity (Wildman–Crippen MR) is 68.7 cm³/mol. The smallest absolute Gasteiger partial charge is 0.307 e. The second-order valence-electron chi connectivity index (χ2n) is 4.91. The lowest BCUT2D eigenvalue weighted by Crippen LogP contribution is -2.35. The van der Waals surface area contributed by atoms with Gasteiger partial charge in [-0.05, 0) is 37.6 Å². The van der Waals surface area contributed by atoms with Crippen LogP contribution in [0.3, 0.4) is 0 Å². The fraction of sp³-hybridized carbons (Fsp3) is 0.429. The van der Waals surface area contributed by atoms with E-state index in [9.17, 15) is 14.0 Å². The molecule has 20 heavy (non-hydrogen) atoms. The second-order valence-corrected chi connectivity index (χ2v) is 4.91. The molecule has 0 aromatic heterocycles. The van der Waals surface area contributed by atoms with Crippen LogP contribution in [0.1, 0.15) is 13.3 Å². The molecule has 3 atom stereocenters. The Bertz CT molecular complexity index is 502. The molecule has 0 radical (unpaired) electrons. The third kappa shape index (κ3) is 3.69. The maximum atomic E-state index is 12.7. The molecule has 1 aliphatic carbocycles. The number of ether oxygens (including phenoxy) is 1. The highest BCUT2D eigenvalue weighted by molar-refractivity contribution is 5.89. The molecule has 108 valence electrons. The van der Waals surface area contributed by atoms with Gasteiger partial charge in [-0.2, -0.15) is 0 Å². The van der Waals surface area contributed by atoms with Crippen LogP contribution in [0.15, 0.2) is 24.3 Å². The highest BCUT2D eigenvalue weighted by Crippen LogP contribution is 2.38. The van der Waals surface area contributed by atoms with E-state index >= 15 is 0 Å². The van der Waals surface area contributed by atoms with Crippen molar-refractivity contribution in [3.63, 3.8) is 0 Å². The van der Waals surface area contributed by atoms with Gasteiger partial charge in [0.1, 0.15) is 17.7 Å². The van der Waals surface area contributed by atoms with Crippen molar-refractivity contribution in [2.45, 2.75) is 19.4 Å². The number of amides is 1. The molecule has 6 heteroatoms. The number of carboxylic acid groups (broad SMARTS) is 1. The number of benzene rings is 1. The van der Waals surface area contributed by atoms with Crippen molar-refractivity contribution < 1.29 is 23.8 Å². The van der Waals surface area contributed by atoms with Gasteiger partial charge in [0.2, 0.25) is 5.91 Å². The zero-order valence-electron chi connectivity index (χ0n) is 11.0. The molecule has 0 aliphatic heterocycles. The number of nitrogens with one attached hydrogen (secondary N) is 1. The Morgan fingerprint density at radius 2 is 2.05 bits per heavy atom. The number of hydrogen-bond donors (Lipinski definition) is 2. The van der Waals surface area contributed by atoms with E-state index in [1.807, 2.05) is 0 Å². The van der Waals surface area contributed by atoms with Crippen LogP contribution < -0.4 is 10.1 Å². The van der Waals surface area contributed by atoms with Gasteiger partial charge in [0, 0.05) is 0 Å². The van der Waals surface area contributed by atoms with Crippen LogP contribution in [0.4, 0.5) is 4.39 Å². The lowest BCUT2D eigenvalue weighted by molar-refractivity contribution is -0.140. The molecular weight excluding hydrogens is 265 g/mol. The fourth-order valence-corrected chi connectivity index (χ4v) is 1.92. The molecule has 0 unspecified atom stereocenters. The Morgan fingerprint density at radius 3 is 2.60 bits per heavy atom. The molecule has 1 amide bonds. The Labute approximate surface area is 115 Å². The average molecular weight is 281 g/mol. The van der Waals surface area contributed by atoms with E-state index in [-0.39, 0.29) is 24.4 Å². The van der Waals surface area contributed by atoms with Crippen LogP contribution in [0.25, 0.3) is 0 Å². The van der Waals surface area contributed by atoms with Crippen LogP contribution in [0, 0.1) is 17.7 Å². The molecule has 5 nitrogen and oxygen atoms in total. The molecule has 2 N–H and O–H groups in total. The van der Waals surface area contributed by atoms with Gasteiger partial charge in [0.15, 0.2) is 0 Å². The topological polar surface area (TPSA) is 75.6 Å². The van der Waals surface area contributed by atoms with E-state index in [4.69, 9.17) is 9.84 Å². The van der Waals surface area contributed by atoms with Crippen LogP contribution in [-0.4, -0.2) is 29.6 Å². The summed E-state index contributed by atoms with van der Waals surface area (Å²) in [6.45, 7) is 2.05. The van der Waals surface area contributed by atoms with Crippen molar-refractivity contribution in [2.75, 3.05) is 6.54 Å². The molecular formula is C14H16FNO4. The van der Waals surface area contributed by atoms with Crippen molar-refractivity contribution in [3.05, 3.63) is 30.1 Å². The SMILES string of the molecule is C[C@H](CNC(=O)[C@@H]1C[C@@H]1C(=O)O)Oc1ccc(F)cc1. The first-order valence-electron chi connectivity index (χ1n) is 6.40. The van der Waals surface area contributed by atoms with Crippen molar-refractivity contribution in [2.24, 2.45) is 11.8 Å². The summed E-state index contributed by atoms with van der Waals surface area (Å²) in [7, 11) is 0. The van der Waals surface area contributed by atoms with Gasteiger partial charge < -0.3 is 15.2 Å². The predicted octanol–water partition coefficient (Wildman–Crippen LogP) is 1.43. The van der Waals surface area contributed by atoms with Gasteiger partial charge in [-0.3, -0.25) is 9.59 Å². The van der Waals surface area contributed by atoms with E-state index in [1.54, 1.807) is 6.92 Å². The van der Waals surface area contributed by atoms with Gasteiger partial charge in [-0.25, -0.2) is 4.39 Å². The standard InChI is InChI=1S/C14H16FNO4/c1-8(20-10-4-2-9(15)3-5-10)7-16-13(17)11-6-12(11)14(18)19/h2-5,8,11-12H,6-7H2,1H3,(H,16,17)(H,18,19)/t8-,11-,12+/m1/s1. The Balaban J connectivity index is 1.73. The van der Waals surface area contributed by atoms with Crippen molar-refractivity contribution >= 4 is 11.9 Å². The molecule has 1 aliphatic rings. The summed E-state index contributed by atoms with van der Waals surface area (Å²) in [5, 5.41) is 11.4. The zero-order valence-corrected chi connectivity index (χ0v) is 11.0. The lowest BCUT2D eigenvalue weighted by Gasteiger charge is -2.15. The number of rotatable bonds is 6. The van der Waals surface area contributed by atoms with E-state index in [0.717, 1.165) is 0 Å². The molecule has 0 bridgehead atoms. The third-order valence-corrected chi connectivity index (χ3v) is 3.16. The Kier molecular flexibility index (Phi) is 4.22. The van der Waals surface area contributed by atoms with Gasteiger partial charge in [-0.15, -0.1) is 0 Å². The van der Waals surface area contributed by atoms with Crippen molar-refractivity contribution in [1.29, 1.82) is 0 Å². The third-order valence-electron chi connectivity index (χ3n) is 3.16. The minimum Gasteiger partial charge on any atom is -0.489 e. The molecule has 1 aromatic rings. The van der Waals surface area contributed by atoms with Gasteiger partial charge in [0.05, 0.1) is 18.4 Å². The van der Waals surface area contributed by atoms with E-state index < -0.39 is 17.8 Å². The number of hydrogen-bond acceptors (Lipinski definition) is 3. The minimum absolute atomic E-state index is 0.257. The average Bonchev–Trinajstić information content (AvgIpc) is 3.19. The Morgan fingerprint density at radius 1 is 1.40 bits per heavy atom. The van der Waals surface area contributed by atoms with Crippen LogP contribution in [0.2, 0.25) is 0 Å². The number of carbonyl (C=O) groups excluding carboxylic acids is 1. The molecule has 0 heterocycles. The van der Waals surface area contributed by atoms with Crippen molar-refractivity contribution in [1.82, 2.24) is 5.32 Å². The number of halogens is 1. The molecule has 1 saturated carbocycles. The summed E-state index contributed by atoms with van der Waals surface area (Å²) < 4.78 is 18.2. The summed E-state index contributed by atoms with van der Waals surface area (Å²) in [4.78, 5) is 22.3. The lowest BCUT2D eigenvalue weighted by atomic mass is 10.3. The first-order chi connectivity index (χ1) is 9.47. The normalized spacial score (nSPS) is 21.9. The summed E-state index contributed by atoms with van der Waals surface area (Å²) in [5.41, 5.74) is 0. The van der Waals surface area contributed by atoms with Gasteiger partial charge in [-0.1, -0.05) is 0 Å².